The van der Waals surface area contributed by atoms with Crippen LogP contribution in [0.15, 0.2) is 28.7 Å². The predicted molar refractivity (Wildman–Crippen MR) is 110 cm³/mol. The van der Waals surface area contributed by atoms with E-state index in [1.165, 1.54) is 50.2 Å². The molecule has 0 saturated heterocycles. The minimum Gasteiger partial charge on any atom is -0.465 e. The van der Waals surface area contributed by atoms with E-state index in [0.29, 0.717) is 17.2 Å². The van der Waals surface area contributed by atoms with Crippen molar-refractivity contribution in [3.8, 4) is 0 Å². The lowest BCUT2D eigenvalue weighted by Gasteiger charge is -2.19. The highest BCUT2D eigenvalue weighted by Gasteiger charge is 2.22. The summed E-state index contributed by atoms with van der Waals surface area (Å²) in [6.07, 6.45) is 0.965. The summed E-state index contributed by atoms with van der Waals surface area (Å²) in [5.41, 5.74) is 0.681. The average Bonchev–Trinajstić information content (AvgIpc) is 3.00. The van der Waals surface area contributed by atoms with Gasteiger partial charge in [0, 0.05) is 19.7 Å². The molecule has 0 atom stereocenters. The number of benzene rings is 1. The van der Waals surface area contributed by atoms with Crippen LogP contribution >= 0.6 is 0 Å². The van der Waals surface area contributed by atoms with Crippen molar-refractivity contribution in [1.82, 2.24) is 4.90 Å². The van der Waals surface area contributed by atoms with E-state index in [1.54, 1.807) is 6.92 Å². The van der Waals surface area contributed by atoms with Crippen LogP contribution in [0.2, 0.25) is 0 Å². The Kier molecular flexibility index (Phi) is 6.88. The maximum absolute atomic E-state index is 13.0. The Bertz CT molecular complexity index is 1090. The first-order chi connectivity index (χ1) is 13.9. The van der Waals surface area contributed by atoms with Crippen LogP contribution in [0.1, 0.15) is 39.2 Å². The summed E-state index contributed by atoms with van der Waals surface area (Å²) < 4.78 is 35.8. The molecule has 0 saturated carbocycles. The van der Waals surface area contributed by atoms with Gasteiger partial charge in [0.1, 0.15) is 17.1 Å². The molecular formula is C19H23N3O7S. The topological polar surface area (TPSA) is 135 Å². The van der Waals surface area contributed by atoms with Crippen LogP contribution in [-0.2, 0) is 26.1 Å². The van der Waals surface area contributed by atoms with Crippen molar-refractivity contribution >= 4 is 39.2 Å². The Morgan fingerprint density at radius 3 is 2.40 bits per heavy atom. The van der Waals surface area contributed by atoms with Gasteiger partial charge in [-0.3, -0.25) is 14.3 Å². The Hall–Kier alpha value is -3.34. The molecule has 0 aliphatic heterocycles. The molecule has 2 aromatic rings. The van der Waals surface area contributed by atoms with E-state index in [1.807, 2.05) is 0 Å². The lowest BCUT2D eigenvalue weighted by atomic mass is 10.1. The number of nitrogens with one attached hydrogen (secondary N) is 2. The van der Waals surface area contributed by atoms with Crippen molar-refractivity contribution in [3.05, 3.63) is 46.9 Å². The fourth-order valence-corrected chi connectivity index (χ4v) is 3.31. The predicted octanol–water partition coefficient (Wildman–Crippen LogP) is 1.98. The number of ether oxygens (including phenoxy) is 1. The minimum absolute atomic E-state index is 0.0132. The first-order valence-corrected chi connectivity index (χ1v) is 10.6. The maximum Gasteiger partial charge on any atom is 0.341 e. The standard InChI is InChI=1S/C19H23N3O7S/c1-11-15(19(25)28-4)9-14(29-11)10-22(3)18(24)16-8-13(20-12(2)23)6-7-17(16)21-30(5,26)27/h6-9,21H,10H2,1-5H3,(H,20,23). The first-order valence-electron chi connectivity index (χ1n) is 8.73. The van der Waals surface area contributed by atoms with E-state index >= 15 is 0 Å². The Morgan fingerprint density at radius 1 is 1.17 bits per heavy atom. The van der Waals surface area contributed by atoms with Gasteiger partial charge in [-0.1, -0.05) is 0 Å². The van der Waals surface area contributed by atoms with Crippen LogP contribution in [0.25, 0.3) is 0 Å². The molecule has 2 amide bonds. The highest BCUT2D eigenvalue weighted by atomic mass is 32.2. The molecule has 1 aromatic heterocycles. The van der Waals surface area contributed by atoms with Gasteiger partial charge in [-0.05, 0) is 31.2 Å². The van der Waals surface area contributed by atoms with Gasteiger partial charge >= 0.3 is 5.97 Å². The van der Waals surface area contributed by atoms with Gasteiger partial charge in [0.15, 0.2) is 0 Å². The Balaban J connectivity index is 2.35. The monoisotopic (exact) mass is 437 g/mol. The molecule has 0 radical (unpaired) electrons. The molecule has 162 valence electrons. The van der Waals surface area contributed by atoms with E-state index in [4.69, 9.17) is 4.42 Å². The number of furan rings is 1. The lowest BCUT2D eigenvalue weighted by Crippen LogP contribution is -2.27. The number of methoxy groups -OCH3 is 1. The van der Waals surface area contributed by atoms with Crippen molar-refractivity contribution < 1.29 is 32.0 Å². The van der Waals surface area contributed by atoms with E-state index < -0.39 is 21.9 Å². The quantitative estimate of drug-likeness (QED) is 0.632. The number of hydrogen-bond acceptors (Lipinski definition) is 7. The molecule has 10 nitrogen and oxygen atoms in total. The van der Waals surface area contributed by atoms with Crippen LogP contribution < -0.4 is 10.0 Å². The molecule has 30 heavy (non-hydrogen) atoms. The third-order valence-corrected chi connectivity index (χ3v) is 4.57. The Labute approximate surface area is 174 Å². The number of hydrogen-bond donors (Lipinski definition) is 2. The molecule has 0 aliphatic rings. The summed E-state index contributed by atoms with van der Waals surface area (Å²) in [7, 11) is -0.901. The molecular weight excluding hydrogens is 414 g/mol. The van der Waals surface area contributed by atoms with Gasteiger partial charge in [0.05, 0.1) is 31.2 Å². The van der Waals surface area contributed by atoms with Crippen LogP contribution in [0.3, 0.4) is 0 Å². The van der Waals surface area contributed by atoms with Crippen LogP contribution in [0, 0.1) is 6.92 Å². The molecule has 1 aromatic carbocycles. The number of amides is 2. The number of rotatable bonds is 7. The molecule has 2 rings (SSSR count). The zero-order valence-electron chi connectivity index (χ0n) is 17.2. The number of aryl methyl sites for hydroxylation is 1. The number of esters is 1. The van der Waals surface area contributed by atoms with E-state index in [0.717, 1.165) is 6.26 Å². The van der Waals surface area contributed by atoms with Crippen molar-refractivity contribution in [2.24, 2.45) is 0 Å². The summed E-state index contributed by atoms with van der Waals surface area (Å²) in [5, 5.41) is 2.55. The molecule has 11 heteroatoms. The van der Waals surface area contributed by atoms with Gasteiger partial charge in [-0.25, -0.2) is 13.2 Å². The van der Waals surface area contributed by atoms with Gasteiger partial charge < -0.3 is 19.4 Å². The smallest absolute Gasteiger partial charge is 0.341 e. The summed E-state index contributed by atoms with van der Waals surface area (Å²) >= 11 is 0. The van der Waals surface area contributed by atoms with Crippen molar-refractivity contribution in [2.45, 2.75) is 20.4 Å². The largest absolute Gasteiger partial charge is 0.465 e. The van der Waals surface area contributed by atoms with Gasteiger partial charge in [-0.15, -0.1) is 0 Å². The van der Waals surface area contributed by atoms with Crippen molar-refractivity contribution in [1.29, 1.82) is 0 Å². The number of anilines is 2. The third kappa shape index (κ3) is 5.83. The Morgan fingerprint density at radius 2 is 1.83 bits per heavy atom. The summed E-state index contributed by atoms with van der Waals surface area (Å²) in [6.45, 7) is 2.93. The van der Waals surface area contributed by atoms with E-state index in [9.17, 15) is 22.8 Å². The molecule has 0 unspecified atom stereocenters. The summed E-state index contributed by atoms with van der Waals surface area (Å²) in [6, 6.07) is 5.72. The second-order valence-electron chi connectivity index (χ2n) is 6.65. The summed E-state index contributed by atoms with van der Waals surface area (Å²) in [5.74, 6) is -0.725. The number of carbonyl (C=O) groups excluding carboxylic acids is 3. The normalized spacial score (nSPS) is 11.0. The number of nitrogens with zero attached hydrogens (tertiary/aromatic N) is 1. The van der Waals surface area contributed by atoms with E-state index in [-0.39, 0.29) is 29.3 Å². The van der Waals surface area contributed by atoms with Gasteiger partial charge in [0.2, 0.25) is 15.9 Å². The molecule has 0 spiro atoms. The van der Waals surface area contributed by atoms with Crippen LogP contribution in [-0.4, -0.2) is 51.5 Å². The second kappa shape index (κ2) is 8.99. The lowest BCUT2D eigenvalue weighted by molar-refractivity contribution is -0.114. The maximum atomic E-state index is 13.0. The molecule has 2 N–H and O–H groups in total. The SMILES string of the molecule is COC(=O)c1cc(CN(C)C(=O)c2cc(NC(C)=O)ccc2NS(C)(=O)=O)oc1C. The number of sulfonamides is 1. The molecule has 0 bridgehead atoms. The minimum atomic E-state index is -3.65. The molecule has 0 aliphatic carbocycles. The molecule has 0 fully saturated rings. The third-order valence-electron chi connectivity index (χ3n) is 3.98. The highest BCUT2D eigenvalue weighted by molar-refractivity contribution is 7.92. The second-order valence-corrected chi connectivity index (χ2v) is 8.40. The van der Waals surface area contributed by atoms with Gasteiger partial charge in [-0.2, -0.15) is 0 Å². The van der Waals surface area contributed by atoms with E-state index in [2.05, 4.69) is 14.8 Å². The zero-order valence-corrected chi connectivity index (χ0v) is 18.0. The zero-order chi connectivity index (χ0) is 22.6. The highest BCUT2D eigenvalue weighted by Crippen LogP contribution is 2.24. The first kappa shape index (κ1) is 22.9. The fraction of sp³-hybridized carbons (Fsp3) is 0.316. The van der Waals surface area contributed by atoms with Gasteiger partial charge in [0.25, 0.3) is 5.91 Å². The molecule has 1 heterocycles. The van der Waals surface area contributed by atoms with Crippen molar-refractivity contribution in [3.63, 3.8) is 0 Å². The average molecular weight is 437 g/mol. The summed E-state index contributed by atoms with van der Waals surface area (Å²) in [4.78, 5) is 37.4. The van der Waals surface area contributed by atoms with Crippen molar-refractivity contribution in [2.75, 3.05) is 30.5 Å². The van der Waals surface area contributed by atoms with Crippen LogP contribution in [0.4, 0.5) is 11.4 Å². The number of carbonyl (C=O) groups is 3. The fourth-order valence-electron chi connectivity index (χ4n) is 2.74. The van der Waals surface area contributed by atoms with Crippen LogP contribution in [0.5, 0.6) is 0 Å².